The number of carbonyl (C=O) groups is 1. The fourth-order valence-electron chi connectivity index (χ4n) is 2.18. The highest BCUT2D eigenvalue weighted by Crippen LogP contribution is 2.29. The molecule has 0 aliphatic heterocycles. The molecule has 0 radical (unpaired) electrons. The van der Waals surface area contributed by atoms with Crippen LogP contribution in [0, 0.1) is 0 Å². The van der Waals surface area contributed by atoms with Crippen LogP contribution in [0.4, 0.5) is 0 Å². The van der Waals surface area contributed by atoms with Crippen LogP contribution in [0.25, 0.3) is 6.08 Å². The number of allylic oxidation sites excluding steroid dienone is 1. The Morgan fingerprint density at radius 1 is 1.04 bits per heavy atom. The zero-order chi connectivity index (χ0) is 16.7. The van der Waals surface area contributed by atoms with Crippen LogP contribution in [0.1, 0.15) is 22.8 Å². The minimum atomic E-state index is -0.0500. The van der Waals surface area contributed by atoms with Crippen LogP contribution < -0.4 is 9.47 Å². The van der Waals surface area contributed by atoms with Crippen LogP contribution in [0.15, 0.2) is 53.4 Å². The minimum Gasteiger partial charge on any atom is -0.496 e. The van der Waals surface area contributed by atoms with E-state index in [-0.39, 0.29) is 5.78 Å². The zero-order valence-corrected chi connectivity index (χ0v) is 14.4. The summed E-state index contributed by atoms with van der Waals surface area (Å²) in [6.07, 6.45) is 3.27. The average Bonchev–Trinajstić information content (AvgIpc) is 2.60. The van der Waals surface area contributed by atoms with E-state index in [0.29, 0.717) is 17.1 Å². The van der Waals surface area contributed by atoms with Crippen molar-refractivity contribution < 1.29 is 14.3 Å². The van der Waals surface area contributed by atoms with Gasteiger partial charge < -0.3 is 9.47 Å². The molecule has 0 N–H and O–H groups in total. The third-order valence-corrected chi connectivity index (χ3v) is 4.21. The molecule has 4 heteroatoms. The highest BCUT2D eigenvalue weighted by Gasteiger charge is 2.08. The number of benzene rings is 2. The lowest BCUT2D eigenvalue weighted by Gasteiger charge is -2.09. The van der Waals surface area contributed by atoms with Crippen molar-refractivity contribution in [1.29, 1.82) is 0 Å². The molecule has 0 aliphatic rings. The SMILES string of the molecule is CCSc1ccc(C(=O)/C=C/c2c(OC)cccc2OC)cc1. The van der Waals surface area contributed by atoms with E-state index < -0.39 is 0 Å². The van der Waals surface area contributed by atoms with Crippen molar-refractivity contribution in [1.82, 2.24) is 0 Å². The lowest BCUT2D eigenvalue weighted by Crippen LogP contribution is -1.95. The first-order chi connectivity index (χ1) is 11.2. The van der Waals surface area contributed by atoms with Gasteiger partial charge in [0.2, 0.25) is 0 Å². The molecule has 2 aromatic rings. The Hall–Kier alpha value is -2.20. The molecule has 0 heterocycles. The second-order valence-electron chi connectivity index (χ2n) is 4.73. The molecule has 0 aromatic heterocycles. The van der Waals surface area contributed by atoms with Crippen molar-refractivity contribution in [2.24, 2.45) is 0 Å². The Morgan fingerprint density at radius 3 is 2.17 bits per heavy atom. The monoisotopic (exact) mass is 328 g/mol. The number of carbonyl (C=O) groups excluding carboxylic acids is 1. The molecule has 0 amide bonds. The van der Waals surface area contributed by atoms with Gasteiger partial charge in [-0.25, -0.2) is 0 Å². The highest BCUT2D eigenvalue weighted by molar-refractivity contribution is 7.99. The molecule has 0 spiro atoms. The van der Waals surface area contributed by atoms with Gasteiger partial charge in [0.05, 0.1) is 19.8 Å². The molecule has 0 bridgehead atoms. The maximum atomic E-state index is 12.3. The largest absolute Gasteiger partial charge is 0.496 e. The fraction of sp³-hybridized carbons (Fsp3) is 0.211. The van der Waals surface area contributed by atoms with Gasteiger partial charge in [0.15, 0.2) is 5.78 Å². The molecule has 2 rings (SSSR count). The van der Waals surface area contributed by atoms with Gasteiger partial charge in [-0.2, -0.15) is 0 Å². The van der Waals surface area contributed by atoms with Crippen molar-refractivity contribution >= 4 is 23.6 Å². The van der Waals surface area contributed by atoms with E-state index >= 15 is 0 Å². The van der Waals surface area contributed by atoms with Crippen LogP contribution in [0.5, 0.6) is 11.5 Å². The Morgan fingerprint density at radius 2 is 1.65 bits per heavy atom. The summed E-state index contributed by atoms with van der Waals surface area (Å²) in [4.78, 5) is 13.5. The second-order valence-corrected chi connectivity index (χ2v) is 6.07. The minimum absolute atomic E-state index is 0.0500. The number of hydrogen-bond donors (Lipinski definition) is 0. The van der Waals surface area contributed by atoms with Crippen molar-refractivity contribution in [2.75, 3.05) is 20.0 Å². The van der Waals surface area contributed by atoms with Crippen molar-refractivity contribution in [3.63, 3.8) is 0 Å². The summed E-state index contributed by atoms with van der Waals surface area (Å²) in [5.74, 6) is 2.30. The van der Waals surface area contributed by atoms with Crippen molar-refractivity contribution in [3.05, 3.63) is 59.7 Å². The van der Waals surface area contributed by atoms with E-state index in [2.05, 4.69) is 6.92 Å². The second kappa shape index (κ2) is 8.44. The number of rotatable bonds is 7. The molecular weight excluding hydrogens is 308 g/mol. The zero-order valence-electron chi connectivity index (χ0n) is 13.5. The van der Waals surface area contributed by atoms with Gasteiger partial charge in [0.25, 0.3) is 0 Å². The van der Waals surface area contributed by atoms with Crippen LogP contribution in [0.3, 0.4) is 0 Å². The highest BCUT2D eigenvalue weighted by atomic mass is 32.2. The number of ketones is 1. The molecule has 23 heavy (non-hydrogen) atoms. The molecule has 120 valence electrons. The van der Waals surface area contributed by atoms with Gasteiger partial charge in [-0.05, 0) is 54.3 Å². The first-order valence-corrected chi connectivity index (χ1v) is 8.34. The van der Waals surface area contributed by atoms with E-state index in [4.69, 9.17) is 9.47 Å². The predicted molar refractivity (Wildman–Crippen MR) is 95.8 cm³/mol. The summed E-state index contributed by atoms with van der Waals surface area (Å²) in [5, 5.41) is 0. The Kier molecular flexibility index (Phi) is 6.29. The lowest BCUT2D eigenvalue weighted by atomic mass is 10.1. The van der Waals surface area contributed by atoms with Crippen LogP contribution in [-0.2, 0) is 0 Å². The molecule has 0 aliphatic carbocycles. The van der Waals surface area contributed by atoms with E-state index in [0.717, 1.165) is 11.3 Å². The van der Waals surface area contributed by atoms with Crippen LogP contribution in [-0.4, -0.2) is 25.8 Å². The molecule has 0 atom stereocenters. The average molecular weight is 328 g/mol. The molecule has 3 nitrogen and oxygen atoms in total. The quantitative estimate of drug-likeness (QED) is 0.419. The summed E-state index contributed by atoms with van der Waals surface area (Å²) in [5.41, 5.74) is 1.42. The van der Waals surface area contributed by atoms with Gasteiger partial charge in [-0.15, -0.1) is 11.8 Å². The van der Waals surface area contributed by atoms with Gasteiger partial charge in [-0.3, -0.25) is 4.79 Å². The number of methoxy groups -OCH3 is 2. The fourth-order valence-corrected chi connectivity index (χ4v) is 2.84. The Bertz CT molecular complexity index is 668. The number of ether oxygens (including phenoxy) is 2. The number of hydrogen-bond acceptors (Lipinski definition) is 4. The van der Waals surface area contributed by atoms with E-state index in [1.165, 1.54) is 4.90 Å². The van der Waals surface area contributed by atoms with Crippen LogP contribution in [0.2, 0.25) is 0 Å². The van der Waals surface area contributed by atoms with E-state index in [9.17, 15) is 4.79 Å². The summed E-state index contributed by atoms with van der Waals surface area (Å²) in [6.45, 7) is 2.10. The standard InChI is InChI=1S/C19H20O3S/c1-4-23-15-10-8-14(9-11-15)17(20)13-12-16-18(21-2)6-5-7-19(16)22-3/h5-13H,4H2,1-3H3/b13-12+. The first-order valence-electron chi connectivity index (χ1n) is 7.35. The van der Waals surface area contributed by atoms with E-state index in [1.807, 2.05) is 42.5 Å². The molecule has 0 saturated heterocycles. The lowest BCUT2D eigenvalue weighted by molar-refractivity contribution is 0.104. The summed E-state index contributed by atoms with van der Waals surface area (Å²) in [7, 11) is 3.19. The van der Waals surface area contributed by atoms with Gasteiger partial charge in [-0.1, -0.05) is 13.0 Å². The first kappa shape index (κ1) is 17.2. The molecular formula is C19H20O3S. The molecule has 0 fully saturated rings. The number of thioether (sulfide) groups is 1. The summed E-state index contributed by atoms with van der Waals surface area (Å²) in [6, 6.07) is 13.2. The third-order valence-electron chi connectivity index (χ3n) is 3.32. The smallest absolute Gasteiger partial charge is 0.185 e. The molecule has 0 unspecified atom stereocenters. The van der Waals surface area contributed by atoms with E-state index in [1.54, 1.807) is 38.1 Å². The normalized spacial score (nSPS) is 10.7. The third kappa shape index (κ3) is 4.39. The molecule has 0 saturated carbocycles. The molecule has 2 aromatic carbocycles. The summed E-state index contributed by atoms with van der Waals surface area (Å²) >= 11 is 1.75. The predicted octanol–water partition coefficient (Wildman–Crippen LogP) is 4.71. The maximum absolute atomic E-state index is 12.3. The van der Waals surface area contributed by atoms with Gasteiger partial charge >= 0.3 is 0 Å². The summed E-state index contributed by atoms with van der Waals surface area (Å²) < 4.78 is 10.6. The Labute approximate surface area is 141 Å². The van der Waals surface area contributed by atoms with Crippen molar-refractivity contribution in [3.8, 4) is 11.5 Å². The van der Waals surface area contributed by atoms with Gasteiger partial charge in [0.1, 0.15) is 11.5 Å². The maximum Gasteiger partial charge on any atom is 0.185 e. The topological polar surface area (TPSA) is 35.5 Å². The van der Waals surface area contributed by atoms with Gasteiger partial charge in [0, 0.05) is 10.5 Å². The Balaban J connectivity index is 2.21. The van der Waals surface area contributed by atoms with Crippen molar-refractivity contribution in [2.45, 2.75) is 11.8 Å². The van der Waals surface area contributed by atoms with Crippen LogP contribution >= 0.6 is 11.8 Å².